The van der Waals surface area contributed by atoms with Gasteiger partial charge in [-0.3, -0.25) is 9.69 Å². The van der Waals surface area contributed by atoms with Crippen LogP contribution in [-0.4, -0.2) is 52.0 Å². The van der Waals surface area contributed by atoms with Crippen LogP contribution in [0.5, 0.6) is 0 Å². The Labute approximate surface area is 146 Å². The van der Waals surface area contributed by atoms with Crippen LogP contribution in [0.2, 0.25) is 0 Å². The summed E-state index contributed by atoms with van der Waals surface area (Å²) in [6.45, 7) is 5.87. The molecule has 3 rings (SSSR count). The van der Waals surface area contributed by atoms with Gasteiger partial charge in [0.1, 0.15) is 0 Å². The molecule has 2 aromatic rings. The van der Waals surface area contributed by atoms with Crippen molar-refractivity contribution in [3.63, 3.8) is 0 Å². The van der Waals surface area contributed by atoms with Gasteiger partial charge in [0, 0.05) is 38.1 Å². The number of carbonyl (C=O) groups is 1. The van der Waals surface area contributed by atoms with E-state index in [9.17, 15) is 9.90 Å². The Bertz CT molecular complexity index is 666. The molecule has 0 saturated carbocycles. The highest BCUT2D eigenvalue weighted by molar-refractivity contribution is 7.09. The Morgan fingerprint density at radius 1 is 1.25 bits per heavy atom. The molecule has 0 radical (unpaired) electrons. The fourth-order valence-electron chi connectivity index (χ4n) is 2.89. The van der Waals surface area contributed by atoms with Crippen molar-refractivity contribution in [2.45, 2.75) is 26.0 Å². The fourth-order valence-corrected chi connectivity index (χ4v) is 3.63. The second kappa shape index (κ2) is 7.88. The van der Waals surface area contributed by atoms with Crippen molar-refractivity contribution in [1.29, 1.82) is 0 Å². The first-order valence-electron chi connectivity index (χ1n) is 8.35. The van der Waals surface area contributed by atoms with E-state index >= 15 is 0 Å². The monoisotopic (exact) mass is 345 g/mol. The molecule has 1 aromatic carbocycles. The molecule has 1 unspecified atom stereocenters. The number of thiazole rings is 1. The number of rotatable bonds is 5. The van der Waals surface area contributed by atoms with E-state index in [0.29, 0.717) is 18.7 Å². The van der Waals surface area contributed by atoms with Gasteiger partial charge in [0.2, 0.25) is 0 Å². The molecular formula is C18H23N3O2S. The first-order valence-corrected chi connectivity index (χ1v) is 9.22. The number of piperazine rings is 1. The quantitative estimate of drug-likeness (QED) is 0.901. The molecule has 0 aliphatic carbocycles. The molecule has 0 spiro atoms. The van der Waals surface area contributed by atoms with Gasteiger partial charge in [-0.05, 0) is 12.0 Å². The van der Waals surface area contributed by atoms with Crippen molar-refractivity contribution in [1.82, 2.24) is 14.8 Å². The minimum absolute atomic E-state index is 0.206. The standard InChI is InChI=1S/C18H23N3O2S/c1-2-16-19-15(13-24-16)12-20-8-10-21(11-9-20)18(23)17(22)14-6-4-3-5-7-14/h3-7,13,17,22H,2,8-12H2,1H3. The Hall–Kier alpha value is -1.76. The number of aryl methyl sites for hydroxylation is 1. The molecule has 1 fully saturated rings. The van der Waals surface area contributed by atoms with Crippen LogP contribution < -0.4 is 0 Å². The van der Waals surface area contributed by atoms with E-state index in [0.717, 1.165) is 31.7 Å². The van der Waals surface area contributed by atoms with Crippen molar-refractivity contribution < 1.29 is 9.90 Å². The molecule has 2 heterocycles. The number of hydrogen-bond acceptors (Lipinski definition) is 5. The van der Waals surface area contributed by atoms with Crippen LogP contribution in [0.1, 0.15) is 29.3 Å². The zero-order valence-electron chi connectivity index (χ0n) is 13.9. The lowest BCUT2D eigenvalue weighted by molar-refractivity contribution is -0.142. The first-order chi connectivity index (χ1) is 11.7. The van der Waals surface area contributed by atoms with Crippen molar-refractivity contribution >= 4 is 17.2 Å². The third-order valence-corrected chi connectivity index (χ3v) is 5.36. The van der Waals surface area contributed by atoms with E-state index in [4.69, 9.17) is 0 Å². The molecule has 1 atom stereocenters. The Balaban J connectivity index is 1.52. The second-order valence-electron chi connectivity index (χ2n) is 6.00. The van der Waals surface area contributed by atoms with E-state index in [-0.39, 0.29) is 5.91 Å². The van der Waals surface area contributed by atoms with Crippen LogP contribution in [0.4, 0.5) is 0 Å². The summed E-state index contributed by atoms with van der Waals surface area (Å²) in [6, 6.07) is 9.12. The van der Waals surface area contributed by atoms with E-state index < -0.39 is 6.10 Å². The fraction of sp³-hybridized carbons (Fsp3) is 0.444. The van der Waals surface area contributed by atoms with Crippen LogP contribution in [0, 0.1) is 0 Å². The van der Waals surface area contributed by atoms with Gasteiger partial charge >= 0.3 is 0 Å². The molecule has 1 aliphatic heterocycles. The molecular weight excluding hydrogens is 322 g/mol. The number of aromatic nitrogens is 1. The molecule has 0 bridgehead atoms. The summed E-state index contributed by atoms with van der Waals surface area (Å²) in [4.78, 5) is 21.1. The van der Waals surface area contributed by atoms with E-state index in [1.165, 1.54) is 5.01 Å². The van der Waals surface area contributed by atoms with Gasteiger partial charge in [-0.2, -0.15) is 0 Å². The van der Waals surface area contributed by atoms with Crippen LogP contribution in [-0.2, 0) is 17.8 Å². The average Bonchev–Trinajstić information content (AvgIpc) is 3.09. The Kier molecular flexibility index (Phi) is 5.60. The Morgan fingerprint density at radius 2 is 1.96 bits per heavy atom. The van der Waals surface area contributed by atoms with Crippen molar-refractivity contribution in [3.8, 4) is 0 Å². The smallest absolute Gasteiger partial charge is 0.256 e. The third kappa shape index (κ3) is 4.01. The summed E-state index contributed by atoms with van der Waals surface area (Å²) in [7, 11) is 0. The molecule has 1 N–H and O–H groups in total. The normalized spacial score (nSPS) is 17.0. The van der Waals surface area contributed by atoms with Gasteiger partial charge in [0.05, 0.1) is 10.7 Å². The maximum absolute atomic E-state index is 12.5. The lowest BCUT2D eigenvalue weighted by Crippen LogP contribution is -2.49. The van der Waals surface area contributed by atoms with Gasteiger partial charge in [0.15, 0.2) is 6.10 Å². The number of aliphatic hydroxyl groups is 1. The zero-order chi connectivity index (χ0) is 16.9. The summed E-state index contributed by atoms with van der Waals surface area (Å²) in [5, 5.41) is 13.6. The van der Waals surface area contributed by atoms with E-state index in [2.05, 4.69) is 22.2 Å². The van der Waals surface area contributed by atoms with Crippen LogP contribution in [0.15, 0.2) is 35.7 Å². The first kappa shape index (κ1) is 17.1. The number of nitrogens with zero attached hydrogens (tertiary/aromatic N) is 3. The summed E-state index contributed by atoms with van der Waals surface area (Å²) < 4.78 is 0. The second-order valence-corrected chi connectivity index (χ2v) is 6.94. The van der Waals surface area contributed by atoms with Gasteiger partial charge in [-0.1, -0.05) is 37.3 Å². The molecule has 1 aliphatic rings. The number of hydrogen-bond donors (Lipinski definition) is 1. The van der Waals surface area contributed by atoms with E-state index in [1.807, 2.05) is 18.2 Å². The largest absolute Gasteiger partial charge is 0.378 e. The third-order valence-electron chi connectivity index (χ3n) is 4.32. The van der Waals surface area contributed by atoms with Crippen LogP contribution in [0.25, 0.3) is 0 Å². The zero-order valence-corrected chi connectivity index (χ0v) is 14.7. The molecule has 6 heteroatoms. The predicted molar refractivity (Wildman–Crippen MR) is 94.8 cm³/mol. The summed E-state index contributed by atoms with van der Waals surface area (Å²) in [6.07, 6.45) is -0.0898. The number of amides is 1. The molecule has 1 saturated heterocycles. The Morgan fingerprint density at radius 3 is 2.58 bits per heavy atom. The van der Waals surface area contributed by atoms with Crippen molar-refractivity contribution in [2.24, 2.45) is 0 Å². The molecule has 1 aromatic heterocycles. The molecule has 1 amide bonds. The predicted octanol–water partition coefficient (Wildman–Crippen LogP) is 2.08. The van der Waals surface area contributed by atoms with Gasteiger partial charge in [-0.15, -0.1) is 11.3 Å². The number of aliphatic hydroxyl groups excluding tert-OH is 1. The van der Waals surface area contributed by atoms with Gasteiger partial charge < -0.3 is 10.0 Å². The highest BCUT2D eigenvalue weighted by Crippen LogP contribution is 2.18. The SMILES string of the molecule is CCc1nc(CN2CCN(C(=O)C(O)c3ccccc3)CC2)cs1. The summed E-state index contributed by atoms with van der Waals surface area (Å²) in [5.74, 6) is -0.206. The lowest BCUT2D eigenvalue weighted by atomic mass is 10.1. The topological polar surface area (TPSA) is 56.7 Å². The van der Waals surface area contributed by atoms with Crippen LogP contribution in [0.3, 0.4) is 0 Å². The van der Waals surface area contributed by atoms with Crippen molar-refractivity contribution in [3.05, 3.63) is 52.0 Å². The van der Waals surface area contributed by atoms with E-state index in [1.54, 1.807) is 28.4 Å². The maximum atomic E-state index is 12.5. The summed E-state index contributed by atoms with van der Waals surface area (Å²) in [5.41, 5.74) is 1.76. The lowest BCUT2D eigenvalue weighted by Gasteiger charge is -2.35. The highest BCUT2D eigenvalue weighted by Gasteiger charge is 2.27. The molecule has 128 valence electrons. The van der Waals surface area contributed by atoms with Gasteiger partial charge in [0.25, 0.3) is 5.91 Å². The minimum Gasteiger partial charge on any atom is -0.378 e. The minimum atomic E-state index is -1.07. The number of benzene rings is 1. The number of carbonyl (C=O) groups excluding carboxylic acids is 1. The van der Waals surface area contributed by atoms with Gasteiger partial charge in [-0.25, -0.2) is 4.98 Å². The van der Waals surface area contributed by atoms with Crippen molar-refractivity contribution in [2.75, 3.05) is 26.2 Å². The molecule has 5 nitrogen and oxygen atoms in total. The highest BCUT2D eigenvalue weighted by atomic mass is 32.1. The summed E-state index contributed by atoms with van der Waals surface area (Å²) >= 11 is 1.71. The maximum Gasteiger partial charge on any atom is 0.256 e. The average molecular weight is 345 g/mol. The van der Waals surface area contributed by atoms with Crippen LogP contribution >= 0.6 is 11.3 Å². The molecule has 24 heavy (non-hydrogen) atoms.